The Hall–Kier alpha value is -1.83. The normalized spacial score (nSPS) is 20.3. The molecule has 0 radical (unpaired) electrons. The SMILES string of the molecule is CCOC(=O)N1C(CNCC(=O)OC(C)(C)C)CCC1C(=O)OC(C)(C)C. The number of hydrogen-bond acceptors (Lipinski definition) is 7. The van der Waals surface area contributed by atoms with Crippen LogP contribution < -0.4 is 5.32 Å². The molecule has 1 amide bonds. The third kappa shape index (κ3) is 8.15. The van der Waals surface area contributed by atoms with Gasteiger partial charge in [0.25, 0.3) is 0 Å². The number of likely N-dealkylation sites (tertiary alicyclic amines) is 1. The molecule has 8 heteroatoms. The van der Waals surface area contributed by atoms with Crippen molar-refractivity contribution in [3.63, 3.8) is 0 Å². The Morgan fingerprint density at radius 1 is 1.00 bits per heavy atom. The molecule has 1 N–H and O–H groups in total. The minimum Gasteiger partial charge on any atom is -0.459 e. The van der Waals surface area contributed by atoms with Crippen molar-refractivity contribution in [2.45, 2.75) is 84.6 Å². The molecule has 1 rings (SSSR count). The molecule has 0 aromatic heterocycles. The highest BCUT2D eigenvalue weighted by Crippen LogP contribution is 2.27. The average Bonchev–Trinajstić information content (AvgIpc) is 2.87. The van der Waals surface area contributed by atoms with Crippen molar-refractivity contribution in [1.29, 1.82) is 0 Å². The average molecular weight is 386 g/mol. The number of nitrogens with zero attached hydrogens (tertiary/aromatic N) is 1. The highest BCUT2D eigenvalue weighted by Gasteiger charge is 2.43. The van der Waals surface area contributed by atoms with Crippen LogP contribution >= 0.6 is 0 Å². The van der Waals surface area contributed by atoms with Gasteiger partial charge in [-0.25, -0.2) is 9.59 Å². The third-order valence-corrected chi connectivity index (χ3v) is 3.73. The van der Waals surface area contributed by atoms with Gasteiger partial charge in [-0.05, 0) is 61.3 Å². The van der Waals surface area contributed by atoms with Crippen LogP contribution in [0.15, 0.2) is 0 Å². The summed E-state index contributed by atoms with van der Waals surface area (Å²) in [6, 6.07) is -0.944. The highest BCUT2D eigenvalue weighted by molar-refractivity contribution is 5.82. The fourth-order valence-corrected chi connectivity index (χ4v) is 2.88. The summed E-state index contributed by atoms with van der Waals surface area (Å²) < 4.78 is 15.8. The van der Waals surface area contributed by atoms with Crippen molar-refractivity contribution in [1.82, 2.24) is 10.2 Å². The van der Waals surface area contributed by atoms with E-state index in [-0.39, 0.29) is 25.2 Å². The molecule has 2 unspecified atom stereocenters. The number of carbonyl (C=O) groups is 3. The Labute approximate surface area is 161 Å². The summed E-state index contributed by atoms with van der Waals surface area (Å²) in [5.74, 6) is -0.808. The number of hydrogen-bond donors (Lipinski definition) is 1. The second kappa shape index (κ2) is 9.39. The van der Waals surface area contributed by atoms with Gasteiger partial charge in [-0.15, -0.1) is 0 Å². The molecule has 1 heterocycles. The Morgan fingerprint density at radius 2 is 1.59 bits per heavy atom. The first-order chi connectivity index (χ1) is 12.3. The van der Waals surface area contributed by atoms with Gasteiger partial charge < -0.3 is 19.5 Å². The van der Waals surface area contributed by atoms with Crippen LogP contribution in [0.1, 0.15) is 61.3 Å². The largest absolute Gasteiger partial charge is 0.459 e. The van der Waals surface area contributed by atoms with Crippen LogP contribution in [0, 0.1) is 0 Å². The molecular formula is C19H34N2O6. The first-order valence-corrected chi connectivity index (χ1v) is 9.44. The van der Waals surface area contributed by atoms with Gasteiger partial charge in [0.05, 0.1) is 13.2 Å². The van der Waals surface area contributed by atoms with Crippen LogP contribution in [0.5, 0.6) is 0 Å². The van der Waals surface area contributed by atoms with Gasteiger partial charge in [-0.1, -0.05) is 0 Å². The smallest absolute Gasteiger partial charge is 0.410 e. The minimum absolute atomic E-state index is 0.0293. The monoisotopic (exact) mass is 386 g/mol. The fourth-order valence-electron chi connectivity index (χ4n) is 2.88. The number of nitrogens with one attached hydrogen (secondary N) is 1. The van der Waals surface area contributed by atoms with Gasteiger partial charge in [-0.3, -0.25) is 9.69 Å². The molecular weight excluding hydrogens is 352 g/mol. The minimum atomic E-state index is -0.684. The molecule has 8 nitrogen and oxygen atoms in total. The maximum atomic E-state index is 12.5. The molecule has 1 aliphatic heterocycles. The third-order valence-electron chi connectivity index (χ3n) is 3.73. The lowest BCUT2D eigenvalue weighted by Crippen LogP contribution is -2.50. The standard InChI is InChI=1S/C19H34N2O6/c1-8-25-17(24)21-13(11-20-12-15(22)26-18(2,3)4)9-10-14(21)16(23)27-19(5,6)7/h13-14,20H,8-12H2,1-7H3. The summed E-state index contributed by atoms with van der Waals surface area (Å²) in [7, 11) is 0. The molecule has 0 spiro atoms. The van der Waals surface area contributed by atoms with Crippen LogP contribution in [0.3, 0.4) is 0 Å². The number of amides is 1. The highest BCUT2D eigenvalue weighted by atomic mass is 16.6. The number of rotatable bonds is 6. The summed E-state index contributed by atoms with van der Waals surface area (Å²) in [5, 5.41) is 3.01. The van der Waals surface area contributed by atoms with E-state index < -0.39 is 29.3 Å². The van der Waals surface area contributed by atoms with Crippen molar-refractivity contribution in [2.75, 3.05) is 19.7 Å². The Morgan fingerprint density at radius 3 is 2.11 bits per heavy atom. The number of esters is 2. The van der Waals surface area contributed by atoms with Crippen molar-refractivity contribution in [3.8, 4) is 0 Å². The van der Waals surface area contributed by atoms with Gasteiger partial charge in [0.15, 0.2) is 0 Å². The maximum Gasteiger partial charge on any atom is 0.410 e. The molecule has 27 heavy (non-hydrogen) atoms. The summed E-state index contributed by atoms with van der Waals surface area (Å²) in [4.78, 5) is 38.1. The molecule has 0 aromatic carbocycles. The van der Waals surface area contributed by atoms with E-state index in [0.29, 0.717) is 19.4 Å². The molecule has 0 bridgehead atoms. The Balaban J connectivity index is 2.71. The molecule has 1 fully saturated rings. The number of carbonyl (C=O) groups excluding carboxylic acids is 3. The zero-order valence-corrected chi connectivity index (χ0v) is 17.6. The van der Waals surface area contributed by atoms with E-state index in [4.69, 9.17) is 14.2 Å². The lowest BCUT2D eigenvalue weighted by molar-refractivity contribution is -0.160. The number of ether oxygens (including phenoxy) is 3. The van der Waals surface area contributed by atoms with E-state index in [0.717, 1.165) is 0 Å². The van der Waals surface area contributed by atoms with E-state index >= 15 is 0 Å². The van der Waals surface area contributed by atoms with E-state index in [2.05, 4.69) is 5.32 Å². The van der Waals surface area contributed by atoms with Crippen LogP contribution in [-0.2, 0) is 23.8 Å². The lowest BCUT2D eigenvalue weighted by atomic mass is 10.1. The van der Waals surface area contributed by atoms with Gasteiger partial charge >= 0.3 is 18.0 Å². The molecule has 0 aliphatic carbocycles. The first kappa shape index (κ1) is 23.2. The topological polar surface area (TPSA) is 94.2 Å². The van der Waals surface area contributed by atoms with Crippen molar-refractivity contribution >= 4 is 18.0 Å². The zero-order valence-electron chi connectivity index (χ0n) is 17.6. The van der Waals surface area contributed by atoms with Crippen LogP contribution in [0.25, 0.3) is 0 Å². The second-order valence-electron chi connectivity index (χ2n) is 8.60. The summed E-state index contributed by atoms with van der Waals surface area (Å²) >= 11 is 0. The zero-order chi connectivity index (χ0) is 20.8. The van der Waals surface area contributed by atoms with E-state index in [1.807, 2.05) is 0 Å². The maximum absolute atomic E-state index is 12.5. The lowest BCUT2D eigenvalue weighted by Gasteiger charge is -2.30. The van der Waals surface area contributed by atoms with Gasteiger partial charge in [0.2, 0.25) is 0 Å². The van der Waals surface area contributed by atoms with E-state index in [9.17, 15) is 14.4 Å². The molecule has 0 saturated carbocycles. The van der Waals surface area contributed by atoms with E-state index in [1.165, 1.54) is 4.90 Å². The second-order valence-corrected chi connectivity index (χ2v) is 8.60. The Bertz CT molecular complexity index is 535. The van der Waals surface area contributed by atoms with Crippen molar-refractivity contribution in [3.05, 3.63) is 0 Å². The molecule has 1 aliphatic rings. The van der Waals surface area contributed by atoms with Crippen LogP contribution in [-0.4, -0.2) is 65.9 Å². The summed E-state index contributed by atoms with van der Waals surface area (Å²) in [5.41, 5.74) is -1.19. The van der Waals surface area contributed by atoms with Crippen LogP contribution in [0.4, 0.5) is 4.79 Å². The molecule has 1 saturated heterocycles. The predicted molar refractivity (Wildman–Crippen MR) is 100 cm³/mol. The van der Waals surface area contributed by atoms with Gasteiger partial charge in [-0.2, -0.15) is 0 Å². The fraction of sp³-hybridized carbons (Fsp3) is 0.842. The van der Waals surface area contributed by atoms with Gasteiger partial charge in [0.1, 0.15) is 17.2 Å². The van der Waals surface area contributed by atoms with Crippen LogP contribution in [0.2, 0.25) is 0 Å². The first-order valence-electron chi connectivity index (χ1n) is 9.44. The van der Waals surface area contributed by atoms with Crippen molar-refractivity contribution in [2.24, 2.45) is 0 Å². The van der Waals surface area contributed by atoms with Gasteiger partial charge in [0, 0.05) is 12.6 Å². The van der Waals surface area contributed by atoms with E-state index in [1.54, 1.807) is 48.5 Å². The quantitative estimate of drug-likeness (QED) is 0.553. The molecule has 0 aromatic rings. The predicted octanol–water partition coefficient (Wildman–Crippen LogP) is 2.25. The summed E-state index contributed by atoms with van der Waals surface area (Å²) in [6.45, 7) is 13.1. The summed E-state index contributed by atoms with van der Waals surface area (Å²) in [6.07, 6.45) is 0.561. The Kier molecular flexibility index (Phi) is 8.07. The molecule has 2 atom stereocenters. The van der Waals surface area contributed by atoms with Crippen molar-refractivity contribution < 1.29 is 28.6 Å². The molecule has 156 valence electrons.